The number of pyridine rings is 2. The van der Waals surface area contributed by atoms with Crippen molar-refractivity contribution in [3.8, 4) is 54.9 Å². The number of hydrogen-bond acceptors (Lipinski definition) is 6. The molecule has 6 heteroatoms. The molecule has 228 valence electrons. The second kappa shape index (κ2) is 12.2. The average Bonchev–Trinajstić information content (AvgIpc) is 3.90. The molecular weight excluding hydrogens is 625 g/mol. The van der Waals surface area contributed by atoms with E-state index in [4.69, 9.17) is 9.97 Å². The van der Waals surface area contributed by atoms with Gasteiger partial charge in [0, 0.05) is 64.3 Å². The fourth-order valence-electron chi connectivity index (χ4n) is 6.82. The van der Waals surface area contributed by atoms with Crippen LogP contribution in [0.2, 0.25) is 0 Å². The summed E-state index contributed by atoms with van der Waals surface area (Å²) in [5, 5.41) is 8.06. The van der Waals surface area contributed by atoms with Gasteiger partial charge in [-0.1, -0.05) is 91.0 Å². The highest BCUT2D eigenvalue weighted by molar-refractivity contribution is 8.08. The average molecular weight is 653 g/mol. The number of rotatable bonds is 6. The Labute approximate surface area is 286 Å². The summed E-state index contributed by atoms with van der Waals surface area (Å²) in [5.74, 6) is 0.874. The fraction of sp³-hybridized carbons (Fsp3) is 0.0238. The summed E-state index contributed by atoms with van der Waals surface area (Å²) in [5.41, 5.74) is 13.4. The van der Waals surface area contributed by atoms with E-state index in [0.29, 0.717) is 0 Å². The van der Waals surface area contributed by atoms with E-state index >= 15 is 0 Å². The molecule has 0 spiro atoms. The topological polar surface area (TPSA) is 50.7 Å². The molecule has 5 aromatic carbocycles. The first-order valence-electron chi connectivity index (χ1n) is 15.8. The van der Waals surface area contributed by atoms with Crippen molar-refractivity contribution in [2.75, 3.05) is 5.88 Å². The predicted molar refractivity (Wildman–Crippen MR) is 203 cm³/mol. The molecule has 1 aliphatic heterocycles. The lowest BCUT2D eigenvalue weighted by atomic mass is 9.84. The van der Waals surface area contributed by atoms with E-state index in [9.17, 15) is 0 Å². The number of fused-ring (bicyclic) bond motifs is 2. The van der Waals surface area contributed by atoms with Crippen LogP contribution in [0.15, 0.2) is 152 Å². The first-order chi connectivity index (χ1) is 23.8. The van der Waals surface area contributed by atoms with Crippen LogP contribution in [0.4, 0.5) is 0 Å². The molecule has 9 rings (SSSR count). The normalized spacial score (nSPS) is 12.7. The van der Waals surface area contributed by atoms with Crippen LogP contribution in [-0.4, -0.2) is 20.8 Å². The van der Waals surface area contributed by atoms with E-state index in [0.717, 1.165) is 33.0 Å². The predicted octanol–water partition coefficient (Wildman–Crippen LogP) is 11.2. The maximum Gasteiger partial charge on any atom is 0.0797 e. The quantitative estimate of drug-likeness (QED) is 0.181. The Balaban J connectivity index is 1.35. The molecule has 0 atom stereocenters. The van der Waals surface area contributed by atoms with Crippen molar-refractivity contribution in [1.29, 1.82) is 0 Å². The smallest absolute Gasteiger partial charge is 0.0797 e. The van der Waals surface area contributed by atoms with Gasteiger partial charge < -0.3 is 5.32 Å². The van der Waals surface area contributed by atoms with Crippen LogP contribution >= 0.6 is 23.1 Å². The van der Waals surface area contributed by atoms with Crippen molar-refractivity contribution < 1.29 is 0 Å². The number of nitrogens with zero attached hydrogens (tertiary/aromatic N) is 3. The third kappa shape index (κ3) is 5.07. The molecule has 3 aromatic heterocycles. The molecule has 0 saturated heterocycles. The fourth-order valence-corrected chi connectivity index (χ4v) is 8.19. The minimum atomic E-state index is 0.874. The van der Waals surface area contributed by atoms with Crippen LogP contribution in [0.25, 0.3) is 81.4 Å². The van der Waals surface area contributed by atoms with Gasteiger partial charge in [-0.05, 0) is 73.1 Å². The molecule has 4 heterocycles. The number of benzene rings is 5. The molecule has 1 N–H and O–H groups in total. The highest BCUT2D eigenvalue weighted by Gasteiger charge is 2.20. The lowest BCUT2D eigenvalue weighted by molar-refractivity contribution is 1.09. The SMILES string of the molecule is C1=C(c2cncc(-c3c4ccccc4c(-c4cncc(-c5cncs5)c4)c4ccc(-c5ccccc5-c5ccccc5)cc34)c2)SCN1. The minimum absolute atomic E-state index is 0.874. The first-order valence-corrected chi connectivity index (χ1v) is 17.7. The Morgan fingerprint density at radius 1 is 0.479 bits per heavy atom. The van der Waals surface area contributed by atoms with Gasteiger partial charge in [-0.25, -0.2) is 0 Å². The number of hydrogen-bond donors (Lipinski definition) is 1. The number of thiazole rings is 1. The van der Waals surface area contributed by atoms with Gasteiger partial charge in [0.05, 0.1) is 16.3 Å². The zero-order valence-corrected chi connectivity index (χ0v) is 27.4. The highest BCUT2D eigenvalue weighted by Crippen LogP contribution is 2.46. The lowest BCUT2D eigenvalue weighted by Crippen LogP contribution is -1.94. The summed E-state index contributed by atoms with van der Waals surface area (Å²) in [6.45, 7) is 0. The molecular formula is C42H28N4S2. The van der Waals surface area contributed by atoms with Gasteiger partial charge in [0.25, 0.3) is 0 Å². The Bertz CT molecular complexity index is 2490. The van der Waals surface area contributed by atoms with Gasteiger partial charge >= 0.3 is 0 Å². The van der Waals surface area contributed by atoms with Crippen molar-refractivity contribution in [2.24, 2.45) is 0 Å². The van der Waals surface area contributed by atoms with Crippen LogP contribution < -0.4 is 5.32 Å². The molecule has 0 saturated carbocycles. The molecule has 0 bridgehead atoms. The van der Waals surface area contributed by atoms with Crippen LogP contribution in [0.5, 0.6) is 0 Å². The van der Waals surface area contributed by atoms with Crippen LogP contribution in [0, 0.1) is 0 Å². The van der Waals surface area contributed by atoms with Crippen molar-refractivity contribution in [3.05, 3.63) is 157 Å². The van der Waals surface area contributed by atoms with Crippen LogP contribution in [-0.2, 0) is 0 Å². The molecule has 0 radical (unpaired) electrons. The largest absolute Gasteiger partial charge is 0.381 e. The van der Waals surface area contributed by atoms with E-state index in [2.05, 4.69) is 126 Å². The molecule has 48 heavy (non-hydrogen) atoms. The van der Waals surface area contributed by atoms with Gasteiger partial charge in [-0.3, -0.25) is 15.0 Å². The molecule has 1 aliphatic rings. The van der Waals surface area contributed by atoms with Crippen LogP contribution in [0.1, 0.15) is 5.56 Å². The number of aromatic nitrogens is 3. The zero-order valence-electron chi connectivity index (χ0n) is 25.8. The first kappa shape index (κ1) is 28.6. The lowest BCUT2D eigenvalue weighted by Gasteiger charge is -2.19. The van der Waals surface area contributed by atoms with Crippen molar-refractivity contribution in [1.82, 2.24) is 20.3 Å². The van der Waals surface area contributed by atoms with Crippen molar-refractivity contribution in [3.63, 3.8) is 0 Å². The van der Waals surface area contributed by atoms with E-state index in [1.54, 1.807) is 23.1 Å². The maximum absolute atomic E-state index is 4.78. The van der Waals surface area contributed by atoms with Gasteiger partial charge in [0.15, 0.2) is 0 Å². The molecule has 4 nitrogen and oxygen atoms in total. The van der Waals surface area contributed by atoms with Gasteiger partial charge in [-0.15, -0.1) is 23.1 Å². The Morgan fingerprint density at radius 3 is 1.81 bits per heavy atom. The molecule has 8 aromatic rings. The molecule has 0 amide bonds. The third-order valence-electron chi connectivity index (χ3n) is 8.95. The Morgan fingerprint density at radius 2 is 1.10 bits per heavy atom. The number of nitrogens with one attached hydrogen (secondary N) is 1. The Hall–Kier alpha value is -5.56. The summed E-state index contributed by atoms with van der Waals surface area (Å²) in [7, 11) is 0. The van der Waals surface area contributed by atoms with E-state index in [-0.39, 0.29) is 0 Å². The van der Waals surface area contributed by atoms with Crippen LogP contribution in [0.3, 0.4) is 0 Å². The maximum atomic E-state index is 4.78. The van der Waals surface area contributed by atoms with E-state index in [1.165, 1.54) is 59.8 Å². The summed E-state index contributed by atoms with van der Waals surface area (Å²) < 4.78 is 0. The zero-order chi connectivity index (χ0) is 31.9. The number of thioether (sulfide) groups is 1. The standard InChI is InChI=1S/C42H28N4S2/c1-2-8-27(9-3-1)33-10-4-5-11-34(33)28-14-15-37-38(18-28)42(32-17-30(20-44-22-32)40-24-46-26-48-40)36-13-7-6-12-35(36)41(37)31-16-29(19-43-21-31)39-23-45-25-47-39/h1-25,46H,26H2. The van der Waals surface area contributed by atoms with Gasteiger partial charge in [0.2, 0.25) is 0 Å². The van der Waals surface area contributed by atoms with Gasteiger partial charge in [-0.2, -0.15) is 0 Å². The summed E-state index contributed by atoms with van der Waals surface area (Å²) in [6.07, 6.45) is 11.9. The highest BCUT2D eigenvalue weighted by atomic mass is 32.2. The molecule has 0 fully saturated rings. The monoisotopic (exact) mass is 652 g/mol. The second-order valence-corrected chi connectivity index (χ2v) is 13.7. The third-order valence-corrected chi connectivity index (χ3v) is 10.7. The van der Waals surface area contributed by atoms with Crippen molar-refractivity contribution in [2.45, 2.75) is 0 Å². The van der Waals surface area contributed by atoms with E-state index in [1.807, 2.05) is 36.5 Å². The molecule has 0 unspecified atom stereocenters. The van der Waals surface area contributed by atoms with E-state index < -0.39 is 0 Å². The summed E-state index contributed by atoms with van der Waals surface area (Å²) >= 11 is 3.43. The second-order valence-electron chi connectivity index (χ2n) is 11.8. The summed E-state index contributed by atoms with van der Waals surface area (Å²) in [6, 6.07) is 39.6. The minimum Gasteiger partial charge on any atom is -0.381 e. The molecule has 0 aliphatic carbocycles. The Kier molecular flexibility index (Phi) is 7.30. The van der Waals surface area contributed by atoms with Crippen molar-refractivity contribution >= 4 is 49.5 Å². The van der Waals surface area contributed by atoms with Gasteiger partial charge in [0.1, 0.15) is 0 Å². The summed E-state index contributed by atoms with van der Waals surface area (Å²) in [4.78, 5) is 16.1.